The third kappa shape index (κ3) is 3.50. The molecule has 1 aliphatic rings. The van der Waals surface area contributed by atoms with Crippen LogP contribution in [0.1, 0.15) is 31.7 Å². The first-order chi connectivity index (χ1) is 7.79. The van der Waals surface area contributed by atoms with Crippen molar-refractivity contribution in [2.75, 3.05) is 6.54 Å². The molecule has 2 heteroatoms. The van der Waals surface area contributed by atoms with Crippen molar-refractivity contribution in [1.82, 2.24) is 5.32 Å². The lowest BCUT2D eigenvalue weighted by atomic mass is 10.0. The first-order valence-corrected chi connectivity index (χ1v) is 6.65. The fourth-order valence-corrected chi connectivity index (χ4v) is 2.23. The van der Waals surface area contributed by atoms with Crippen molar-refractivity contribution in [2.24, 2.45) is 5.92 Å². The number of nitrogens with one attached hydrogen (secondary N) is 1. The maximum Gasteiger partial charge on any atom is 0.0406 e. The van der Waals surface area contributed by atoms with Gasteiger partial charge in [0.15, 0.2) is 0 Å². The minimum Gasteiger partial charge on any atom is -0.313 e. The Morgan fingerprint density at radius 2 is 2.00 bits per heavy atom. The van der Waals surface area contributed by atoms with Crippen LogP contribution in [0.15, 0.2) is 24.3 Å². The normalized spacial score (nSPS) is 17.4. The van der Waals surface area contributed by atoms with Crippen LogP contribution in [-0.4, -0.2) is 12.6 Å². The van der Waals surface area contributed by atoms with Crippen molar-refractivity contribution >= 4 is 11.6 Å². The highest BCUT2D eigenvalue weighted by atomic mass is 35.5. The van der Waals surface area contributed by atoms with Crippen LogP contribution in [0.25, 0.3) is 0 Å². The van der Waals surface area contributed by atoms with E-state index in [1.54, 1.807) is 0 Å². The van der Waals surface area contributed by atoms with Crippen LogP contribution >= 0.6 is 11.6 Å². The number of halogens is 1. The second-order valence-electron chi connectivity index (χ2n) is 4.73. The van der Waals surface area contributed by atoms with Crippen LogP contribution in [0.5, 0.6) is 0 Å². The van der Waals surface area contributed by atoms with Crippen LogP contribution in [0.4, 0.5) is 0 Å². The van der Waals surface area contributed by atoms with Crippen molar-refractivity contribution in [3.63, 3.8) is 0 Å². The molecule has 0 amide bonds. The monoisotopic (exact) mass is 237 g/mol. The van der Waals surface area contributed by atoms with Crippen LogP contribution in [-0.2, 0) is 6.42 Å². The SMILES string of the molecule is CCCNC(Cc1ccc(Cl)cc1)C1CC1. The van der Waals surface area contributed by atoms with Gasteiger partial charge < -0.3 is 5.32 Å². The van der Waals surface area contributed by atoms with E-state index in [0.717, 1.165) is 23.9 Å². The third-order valence-corrected chi connectivity index (χ3v) is 3.47. The van der Waals surface area contributed by atoms with Gasteiger partial charge in [0.2, 0.25) is 0 Å². The van der Waals surface area contributed by atoms with E-state index >= 15 is 0 Å². The van der Waals surface area contributed by atoms with Crippen molar-refractivity contribution in [2.45, 2.75) is 38.6 Å². The molecule has 1 nitrogen and oxygen atoms in total. The lowest BCUT2D eigenvalue weighted by Crippen LogP contribution is -2.33. The predicted octanol–water partition coefficient (Wildman–Crippen LogP) is 3.66. The van der Waals surface area contributed by atoms with Gasteiger partial charge >= 0.3 is 0 Å². The van der Waals surface area contributed by atoms with Gasteiger partial charge in [-0.3, -0.25) is 0 Å². The van der Waals surface area contributed by atoms with Crippen LogP contribution in [0, 0.1) is 5.92 Å². The van der Waals surface area contributed by atoms with Crippen molar-refractivity contribution < 1.29 is 0 Å². The highest BCUT2D eigenvalue weighted by molar-refractivity contribution is 6.30. The van der Waals surface area contributed by atoms with Gasteiger partial charge in [0, 0.05) is 11.1 Å². The molecule has 0 aliphatic heterocycles. The molecule has 88 valence electrons. The van der Waals surface area contributed by atoms with E-state index in [9.17, 15) is 0 Å². The van der Waals surface area contributed by atoms with Crippen LogP contribution < -0.4 is 5.32 Å². The number of benzene rings is 1. The van der Waals surface area contributed by atoms with E-state index < -0.39 is 0 Å². The molecule has 1 N–H and O–H groups in total. The Balaban J connectivity index is 1.91. The Labute approximate surface area is 103 Å². The maximum atomic E-state index is 5.89. The zero-order valence-corrected chi connectivity index (χ0v) is 10.6. The fourth-order valence-electron chi connectivity index (χ4n) is 2.11. The largest absolute Gasteiger partial charge is 0.313 e. The molecule has 1 aliphatic carbocycles. The molecule has 1 aromatic carbocycles. The molecular weight excluding hydrogens is 218 g/mol. The van der Waals surface area contributed by atoms with E-state index in [-0.39, 0.29) is 0 Å². The second kappa shape index (κ2) is 5.70. The second-order valence-corrected chi connectivity index (χ2v) is 5.17. The van der Waals surface area contributed by atoms with Gasteiger partial charge in [0.25, 0.3) is 0 Å². The van der Waals surface area contributed by atoms with Gasteiger partial charge in [-0.15, -0.1) is 0 Å². The molecule has 0 bridgehead atoms. The van der Waals surface area contributed by atoms with Gasteiger partial charge in [-0.1, -0.05) is 30.7 Å². The molecule has 16 heavy (non-hydrogen) atoms. The average Bonchev–Trinajstić information content (AvgIpc) is 3.11. The predicted molar refractivity (Wildman–Crippen MR) is 70.0 cm³/mol. The van der Waals surface area contributed by atoms with Gasteiger partial charge in [0.05, 0.1) is 0 Å². The Hall–Kier alpha value is -0.530. The van der Waals surface area contributed by atoms with Crippen molar-refractivity contribution in [3.05, 3.63) is 34.9 Å². The van der Waals surface area contributed by atoms with Gasteiger partial charge in [-0.05, 0) is 55.8 Å². The Bertz CT molecular complexity index is 316. The molecule has 2 rings (SSSR count). The highest BCUT2D eigenvalue weighted by Gasteiger charge is 2.30. The standard InChI is InChI=1S/C14H20ClN/c1-2-9-16-14(12-5-6-12)10-11-3-7-13(15)8-4-11/h3-4,7-8,12,14,16H,2,5-6,9-10H2,1H3. The van der Waals surface area contributed by atoms with Crippen LogP contribution in [0.3, 0.4) is 0 Å². The molecule has 1 atom stereocenters. The summed E-state index contributed by atoms with van der Waals surface area (Å²) in [4.78, 5) is 0. The van der Waals surface area contributed by atoms with Gasteiger partial charge in [0.1, 0.15) is 0 Å². The minimum atomic E-state index is 0.668. The fraction of sp³-hybridized carbons (Fsp3) is 0.571. The number of hydrogen-bond acceptors (Lipinski definition) is 1. The lowest BCUT2D eigenvalue weighted by Gasteiger charge is -2.18. The summed E-state index contributed by atoms with van der Waals surface area (Å²) in [6, 6.07) is 8.93. The first kappa shape index (κ1) is 11.9. The Morgan fingerprint density at radius 1 is 1.31 bits per heavy atom. The topological polar surface area (TPSA) is 12.0 Å². The van der Waals surface area contributed by atoms with E-state index in [1.165, 1.54) is 24.8 Å². The summed E-state index contributed by atoms with van der Waals surface area (Å²) in [5.74, 6) is 0.905. The van der Waals surface area contributed by atoms with E-state index in [2.05, 4.69) is 24.4 Å². The van der Waals surface area contributed by atoms with Gasteiger partial charge in [-0.25, -0.2) is 0 Å². The summed E-state index contributed by atoms with van der Waals surface area (Å²) in [6.07, 6.45) is 5.15. The smallest absolute Gasteiger partial charge is 0.0406 e. The summed E-state index contributed by atoms with van der Waals surface area (Å²) in [5, 5.41) is 4.49. The van der Waals surface area contributed by atoms with Crippen molar-refractivity contribution in [1.29, 1.82) is 0 Å². The molecule has 0 radical (unpaired) electrons. The molecular formula is C14H20ClN. The zero-order chi connectivity index (χ0) is 11.4. The van der Waals surface area contributed by atoms with E-state index in [4.69, 9.17) is 11.6 Å². The molecule has 1 unspecified atom stereocenters. The zero-order valence-electron chi connectivity index (χ0n) is 9.88. The summed E-state index contributed by atoms with van der Waals surface area (Å²) in [5.41, 5.74) is 1.39. The lowest BCUT2D eigenvalue weighted by molar-refractivity contribution is 0.460. The van der Waals surface area contributed by atoms with E-state index in [0.29, 0.717) is 6.04 Å². The minimum absolute atomic E-state index is 0.668. The summed E-state index contributed by atoms with van der Waals surface area (Å²) in [7, 11) is 0. The third-order valence-electron chi connectivity index (χ3n) is 3.22. The van der Waals surface area contributed by atoms with Crippen LogP contribution in [0.2, 0.25) is 5.02 Å². The van der Waals surface area contributed by atoms with E-state index in [1.807, 2.05) is 12.1 Å². The molecule has 0 heterocycles. The summed E-state index contributed by atoms with van der Waals surface area (Å²) >= 11 is 5.89. The molecule has 0 saturated heterocycles. The highest BCUT2D eigenvalue weighted by Crippen LogP contribution is 2.34. The Kier molecular flexibility index (Phi) is 4.25. The quantitative estimate of drug-likeness (QED) is 0.796. The van der Waals surface area contributed by atoms with Gasteiger partial charge in [-0.2, -0.15) is 0 Å². The molecule has 0 spiro atoms. The first-order valence-electron chi connectivity index (χ1n) is 6.27. The summed E-state index contributed by atoms with van der Waals surface area (Å²) in [6.45, 7) is 3.36. The average molecular weight is 238 g/mol. The number of hydrogen-bond donors (Lipinski definition) is 1. The molecule has 1 fully saturated rings. The molecule has 1 aromatic rings. The molecule has 1 saturated carbocycles. The molecule has 0 aromatic heterocycles. The Morgan fingerprint density at radius 3 is 2.56 bits per heavy atom. The van der Waals surface area contributed by atoms with Crippen molar-refractivity contribution in [3.8, 4) is 0 Å². The number of rotatable bonds is 6. The maximum absolute atomic E-state index is 5.89. The summed E-state index contributed by atoms with van der Waals surface area (Å²) < 4.78 is 0.